The summed E-state index contributed by atoms with van der Waals surface area (Å²) < 4.78 is 5.42. The topological polar surface area (TPSA) is 26.3 Å². The van der Waals surface area contributed by atoms with Gasteiger partial charge >= 0.3 is 0 Å². The van der Waals surface area contributed by atoms with Crippen LogP contribution in [0.2, 0.25) is 0 Å². The molecule has 2 aliphatic rings. The molecule has 3 heteroatoms. The van der Waals surface area contributed by atoms with Crippen LogP contribution < -0.4 is 4.74 Å². The third-order valence-electron chi connectivity index (χ3n) is 4.11. The smallest absolute Gasteiger partial charge is 0.166 e. The lowest BCUT2D eigenvalue weighted by Crippen LogP contribution is -2.24. The van der Waals surface area contributed by atoms with Crippen molar-refractivity contribution in [1.82, 2.24) is 0 Å². The van der Waals surface area contributed by atoms with Crippen molar-refractivity contribution in [2.75, 3.05) is 6.61 Å². The predicted molar refractivity (Wildman–Crippen MR) is 79.1 cm³/mol. The van der Waals surface area contributed by atoms with E-state index in [4.69, 9.17) is 4.74 Å². The molecule has 2 heterocycles. The number of ketones is 1. The number of hydrogen-bond donors (Lipinski definition) is 0. The molecule has 0 saturated carbocycles. The molecule has 0 aliphatic carbocycles. The lowest BCUT2D eigenvalue weighted by atomic mass is 9.90. The van der Waals surface area contributed by atoms with Gasteiger partial charge in [0.1, 0.15) is 5.75 Å². The highest BCUT2D eigenvalue weighted by Gasteiger charge is 2.37. The van der Waals surface area contributed by atoms with Gasteiger partial charge in [-0.2, -0.15) is 11.8 Å². The summed E-state index contributed by atoms with van der Waals surface area (Å²) in [5.41, 5.74) is 0.847. The van der Waals surface area contributed by atoms with Gasteiger partial charge in [0.05, 0.1) is 6.61 Å². The van der Waals surface area contributed by atoms with Crippen LogP contribution in [0.25, 0.3) is 0 Å². The Morgan fingerprint density at radius 1 is 1.21 bits per heavy atom. The Balaban J connectivity index is 1.69. The monoisotopic (exact) mass is 276 g/mol. The van der Waals surface area contributed by atoms with E-state index < -0.39 is 0 Å². The SMILES string of the molecule is CCOc1ccc(C(=O)C2CC3CCC(C2)S3)cc1. The quantitative estimate of drug-likeness (QED) is 0.779. The molecule has 0 N–H and O–H groups in total. The highest BCUT2D eigenvalue weighted by atomic mass is 32.2. The number of Topliss-reactive ketones (excluding diaryl/α,β-unsaturated/α-hetero) is 1. The molecular formula is C16H20O2S. The molecule has 1 aromatic carbocycles. The highest BCUT2D eigenvalue weighted by Crippen LogP contribution is 2.46. The average molecular weight is 276 g/mol. The fourth-order valence-corrected chi connectivity index (χ4v) is 4.97. The van der Waals surface area contributed by atoms with E-state index in [9.17, 15) is 4.79 Å². The molecule has 102 valence electrons. The van der Waals surface area contributed by atoms with E-state index in [0.717, 1.165) is 34.7 Å². The van der Waals surface area contributed by atoms with Gasteiger partial charge in [-0.1, -0.05) is 0 Å². The molecule has 19 heavy (non-hydrogen) atoms. The Morgan fingerprint density at radius 3 is 2.42 bits per heavy atom. The van der Waals surface area contributed by atoms with E-state index in [1.54, 1.807) is 0 Å². The van der Waals surface area contributed by atoms with Gasteiger partial charge in [-0.15, -0.1) is 0 Å². The van der Waals surface area contributed by atoms with Crippen LogP contribution in [0, 0.1) is 5.92 Å². The van der Waals surface area contributed by atoms with E-state index in [1.807, 2.05) is 31.2 Å². The largest absolute Gasteiger partial charge is 0.494 e. The van der Waals surface area contributed by atoms with Crippen molar-refractivity contribution in [2.45, 2.75) is 43.1 Å². The summed E-state index contributed by atoms with van der Waals surface area (Å²) in [5.74, 6) is 1.43. The number of rotatable bonds is 4. The van der Waals surface area contributed by atoms with E-state index in [2.05, 4.69) is 11.8 Å². The zero-order chi connectivity index (χ0) is 13.2. The number of ether oxygens (including phenoxy) is 1. The zero-order valence-corrected chi connectivity index (χ0v) is 12.1. The van der Waals surface area contributed by atoms with E-state index in [0.29, 0.717) is 12.4 Å². The summed E-state index contributed by atoms with van der Waals surface area (Å²) in [4.78, 5) is 12.5. The van der Waals surface area contributed by atoms with Gasteiger partial charge in [-0.3, -0.25) is 4.79 Å². The van der Waals surface area contributed by atoms with Crippen LogP contribution >= 0.6 is 11.8 Å². The summed E-state index contributed by atoms with van der Waals surface area (Å²) in [6.07, 6.45) is 4.77. The summed E-state index contributed by atoms with van der Waals surface area (Å²) in [5, 5.41) is 1.46. The van der Waals surface area contributed by atoms with Gasteiger partial charge in [0.15, 0.2) is 5.78 Å². The molecule has 2 aliphatic heterocycles. The van der Waals surface area contributed by atoms with Crippen molar-refractivity contribution in [2.24, 2.45) is 5.92 Å². The van der Waals surface area contributed by atoms with Gasteiger partial charge < -0.3 is 4.74 Å². The third kappa shape index (κ3) is 2.81. The van der Waals surface area contributed by atoms with Crippen LogP contribution in [-0.4, -0.2) is 22.9 Å². The van der Waals surface area contributed by atoms with E-state index >= 15 is 0 Å². The number of benzene rings is 1. The standard InChI is InChI=1S/C16H20O2S/c1-2-18-13-5-3-11(4-6-13)16(17)12-9-14-7-8-15(10-12)19-14/h3-6,12,14-15H,2,7-10H2,1H3. The normalized spacial score (nSPS) is 29.2. The Hall–Kier alpha value is -0.960. The Bertz CT molecular complexity index is 442. The van der Waals surface area contributed by atoms with Crippen LogP contribution in [0.4, 0.5) is 0 Å². The second-order valence-corrected chi connectivity index (χ2v) is 7.05. The predicted octanol–water partition coefficient (Wildman–Crippen LogP) is 3.94. The van der Waals surface area contributed by atoms with Gasteiger partial charge in [0.25, 0.3) is 0 Å². The van der Waals surface area contributed by atoms with Crippen molar-refractivity contribution in [1.29, 1.82) is 0 Å². The van der Waals surface area contributed by atoms with E-state index in [-0.39, 0.29) is 5.92 Å². The minimum atomic E-state index is 0.247. The maximum absolute atomic E-state index is 12.5. The molecule has 2 nitrogen and oxygen atoms in total. The molecule has 0 radical (unpaired) electrons. The molecule has 2 bridgehead atoms. The highest BCUT2D eigenvalue weighted by molar-refractivity contribution is 8.00. The zero-order valence-electron chi connectivity index (χ0n) is 11.3. The molecule has 2 fully saturated rings. The molecular weight excluding hydrogens is 256 g/mol. The first-order valence-electron chi connectivity index (χ1n) is 7.18. The Morgan fingerprint density at radius 2 is 1.84 bits per heavy atom. The molecule has 0 amide bonds. The van der Waals surface area contributed by atoms with Gasteiger partial charge in [-0.05, 0) is 56.9 Å². The molecule has 0 aromatic heterocycles. The summed E-state index contributed by atoms with van der Waals surface area (Å²) in [6.45, 7) is 2.63. The first kappa shape index (κ1) is 13.0. The first-order valence-corrected chi connectivity index (χ1v) is 8.13. The minimum Gasteiger partial charge on any atom is -0.494 e. The maximum Gasteiger partial charge on any atom is 0.166 e. The number of fused-ring (bicyclic) bond motifs is 2. The molecule has 2 atom stereocenters. The number of thioether (sulfide) groups is 1. The average Bonchev–Trinajstić information content (AvgIpc) is 2.78. The minimum absolute atomic E-state index is 0.247. The van der Waals surface area contributed by atoms with Crippen molar-refractivity contribution in [3.05, 3.63) is 29.8 Å². The van der Waals surface area contributed by atoms with Crippen molar-refractivity contribution < 1.29 is 9.53 Å². The van der Waals surface area contributed by atoms with Crippen LogP contribution in [0.1, 0.15) is 43.0 Å². The van der Waals surface area contributed by atoms with Gasteiger partial charge in [0, 0.05) is 22.0 Å². The lowest BCUT2D eigenvalue weighted by molar-refractivity contribution is 0.0907. The molecule has 2 unspecified atom stereocenters. The molecule has 2 saturated heterocycles. The van der Waals surface area contributed by atoms with Crippen LogP contribution in [-0.2, 0) is 0 Å². The first-order chi connectivity index (χ1) is 9.26. The fraction of sp³-hybridized carbons (Fsp3) is 0.562. The van der Waals surface area contributed by atoms with Crippen LogP contribution in [0.15, 0.2) is 24.3 Å². The van der Waals surface area contributed by atoms with Crippen LogP contribution in [0.5, 0.6) is 5.75 Å². The number of carbonyl (C=O) groups excluding carboxylic acids is 1. The molecule has 0 spiro atoms. The molecule has 3 rings (SSSR count). The molecule has 1 aromatic rings. The second-order valence-electron chi connectivity index (χ2n) is 5.45. The number of hydrogen-bond acceptors (Lipinski definition) is 3. The van der Waals surface area contributed by atoms with Crippen LogP contribution in [0.3, 0.4) is 0 Å². The fourth-order valence-electron chi connectivity index (χ4n) is 3.19. The number of carbonyl (C=O) groups is 1. The van der Waals surface area contributed by atoms with Crippen molar-refractivity contribution in [3.8, 4) is 5.75 Å². The Kier molecular flexibility index (Phi) is 3.83. The third-order valence-corrected chi connectivity index (χ3v) is 5.74. The summed E-state index contributed by atoms with van der Waals surface area (Å²) in [7, 11) is 0. The maximum atomic E-state index is 12.5. The van der Waals surface area contributed by atoms with Crippen molar-refractivity contribution >= 4 is 17.5 Å². The second kappa shape index (κ2) is 5.58. The lowest BCUT2D eigenvalue weighted by Gasteiger charge is -2.26. The van der Waals surface area contributed by atoms with Gasteiger partial charge in [0.2, 0.25) is 0 Å². The van der Waals surface area contributed by atoms with Gasteiger partial charge in [-0.25, -0.2) is 0 Å². The van der Waals surface area contributed by atoms with E-state index in [1.165, 1.54) is 12.8 Å². The summed E-state index contributed by atoms with van der Waals surface area (Å²) in [6, 6.07) is 7.64. The van der Waals surface area contributed by atoms with Crippen molar-refractivity contribution in [3.63, 3.8) is 0 Å². The summed E-state index contributed by atoms with van der Waals surface area (Å²) >= 11 is 2.11. The Labute approximate surface area is 118 Å².